The van der Waals surface area contributed by atoms with Gasteiger partial charge in [-0.1, -0.05) is 23.7 Å². The molecular weight excluding hydrogens is 334 g/mol. The Morgan fingerprint density at radius 1 is 1.21 bits per heavy atom. The number of amides is 1. The van der Waals surface area contributed by atoms with Crippen molar-refractivity contribution in [2.45, 2.75) is 0 Å². The Balaban J connectivity index is 2.03. The molecule has 1 amide bonds. The number of para-hydroxylation sites is 1. The summed E-state index contributed by atoms with van der Waals surface area (Å²) in [6.45, 7) is 0. The normalized spacial score (nSPS) is 10.5. The van der Waals surface area contributed by atoms with Gasteiger partial charge in [-0.25, -0.2) is 0 Å². The molecule has 0 atom stereocenters. The fourth-order valence-corrected chi connectivity index (χ4v) is 2.35. The van der Waals surface area contributed by atoms with Crippen LogP contribution in [0.15, 0.2) is 52.9 Å². The van der Waals surface area contributed by atoms with Crippen molar-refractivity contribution in [1.82, 2.24) is 0 Å². The van der Waals surface area contributed by atoms with Gasteiger partial charge in [0.1, 0.15) is 11.1 Å². The number of hydrogen-bond acceptors (Lipinski definition) is 5. The molecule has 0 saturated heterocycles. The minimum Gasteiger partial charge on any atom is -0.438 e. The third-order valence-corrected chi connectivity index (χ3v) is 3.66. The molecule has 2 aromatic carbocycles. The summed E-state index contributed by atoms with van der Waals surface area (Å²) < 4.78 is 5.27. The van der Waals surface area contributed by atoms with Gasteiger partial charge in [0, 0.05) is 17.5 Å². The van der Waals surface area contributed by atoms with E-state index in [1.807, 2.05) is 0 Å². The average Bonchev–Trinajstić information content (AvgIpc) is 2.55. The Kier molecular flexibility index (Phi) is 4.01. The zero-order valence-corrected chi connectivity index (χ0v) is 12.8. The van der Waals surface area contributed by atoms with Crippen molar-refractivity contribution in [1.29, 1.82) is 5.41 Å². The number of rotatable bonds is 3. The Labute approximate surface area is 140 Å². The van der Waals surface area contributed by atoms with Gasteiger partial charge >= 0.3 is 0 Å². The Bertz CT molecular complexity index is 1030. The monoisotopic (exact) mass is 343 g/mol. The van der Waals surface area contributed by atoms with Gasteiger partial charge in [0.25, 0.3) is 11.6 Å². The standard InChI is InChI=1S/C16H10ClN3O4/c17-12-3-1-2-4-13(12)19-16(21)11-8-9-7-10(20(22)23)5-6-14(9)24-15(11)18/h1-8,18H,(H,19,21). The van der Waals surface area contributed by atoms with Crippen LogP contribution in [0.4, 0.5) is 11.4 Å². The summed E-state index contributed by atoms with van der Waals surface area (Å²) in [5.74, 6) is -0.592. The number of benzene rings is 2. The van der Waals surface area contributed by atoms with Crippen LogP contribution in [0, 0.1) is 15.5 Å². The number of nitrogens with one attached hydrogen (secondary N) is 2. The number of hydrogen-bond donors (Lipinski definition) is 2. The van der Waals surface area contributed by atoms with E-state index in [2.05, 4.69) is 5.32 Å². The highest BCUT2D eigenvalue weighted by atomic mass is 35.5. The number of anilines is 1. The molecule has 120 valence electrons. The Hall–Kier alpha value is -3.19. The predicted octanol–water partition coefficient (Wildman–Crippen LogP) is 3.73. The summed E-state index contributed by atoms with van der Waals surface area (Å²) in [5, 5.41) is 22.0. The van der Waals surface area contributed by atoms with Crippen molar-refractivity contribution in [3.8, 4) is 0 Å². The molecule has 3 rings (SSSR count). The average molecular weight is 344 g/mol. The van der Waals surface area contributed by atoms with Crippen molar-refractivity contribution in [2.75, 3.05) is 5.32 Å². The minimum atomic E-state index is -0.592. The molecule has 0 spiro atoms. The molecule has 0 aliphatic rings. The quantitative estimate of drug-likeness (QED) is 0.557. The molecule has 0 radical (unpaired) electrons. The molecule has 0 fully saturated rings. The highest BCUT2D eigenvalue weighted by Gasteiger charge is 2.15. The molecule has 0 bridgehead atoms. The van der Waals surface area contributed by atoms with Crippen LogP contribution in [0.25, 0.3) is 11.0 Å². The lowest BCUT2D eigenvalue weighted by Gasteiger charge is -2.07. The van der Waals surface area contributed by atoms with Gasteiger partial charge in [0.05, 0.1) is 15.6 Å². The summed E-state index contributed by atoms with van der Waals surface area (Å²) in [6.07, 6.45) is 0. The van der Waals surface area contributed by atoms with Gasteiger partial charge in [-0.15, -0.1) is 0 Å². The summed E-state index contributed by atoms with van der Waals surface area (Å²) >= 11 is 5.99. The molecule has 8 heteroatoms. The van der Waals surface area contributed by atoms with Crippen molar-refractivity contribution in [2.24, 2.45) is 0 Å². The summed E-state index contributed by atoms with van der Waals surface area (Å²) in [6, 6.07) is 12.0. The first-order valence-electron chi connectivity index (χ1n) is 6.78. The van der Waals surface area contributed by atoms with Crippen LogP contribution in [-0.2, 0) is 0 Å². The SMILES string of the molecule is N=c1oc2ccc([N+](=O)[O-])cc2cc1C(=O)Nc1ccccc1Cl. The molecule has 0 unspecified atom stereocenters. The minimum absolute atomic E-state index is 0.0529. The number of nitrogens with zero attached hydrogens (tertiary/aromatic N) is 1. The fourth-order valence-electron chi connectivity index (χ4n) is 2.16. The third-order valence-electron chi connectivity index (χ3n) is 3.33. The largest absolute Gasteiger partial charge is 0.438 e. The van der Waals surface area contributed by atoms with E-state index < -0.39 is 10.8 Å². The maximum Gasteiger partial charge on any atom is 0.270 e. The molecule has 2 N–H and O–H groups in total. The first kappa shape index (κ1) is 15.7. The van der Waals surface area contributed by atoms with E-state index in [9.17, 15) is 14.9 Å². The van der Waals surface area contributed by atoms with Gasteiger partial charge < -0.3 is 9.73 Å². The summed E-state index contributed by atoms with van der Waals surface area (Å²) in [5.41, 5.74) is 0.138. The first-order chi connectivity index (χ1) is 11.5. The molecule has 3 aromatic rings. The molecule has 24 heavy (non-hydrogen) atoms. The van der Waals surface area contributed by atoms with Crippen LogP contribution in [0.2, 0.25) is 5.02 Å². The van der Waals surface area contributed by atoms with Crippen LogP contribution in [-0.4, -0.2) is 10.8 Å². The van der Waals surface area contributed by atoms with E-state index in [0.29, 0.717) is 16.1 Å². The smallest absolute Gasteiger partial charge is 0.270 e. The number of non-ortho nitro benzene ring substituents is 1. The highest BCUT2D eigenvalue weighted by molar-refractivity contribution is 6.33. The third kappa shape index (κ3) is 2.97. The van der Waals surface area contributed by atoms with Crippen molar-refractivity contribution in [3.63, 3.8) is 0 Å². The number of carbonyl (C=O) groups is 1. The van der Waals surface area contributed by atoms with Gasteiger partial charge in [0.2, 0.25) is 5.55 Å². The molecule has 0 saturated carbocycles. The van der Waals surface area contributed by atoms with E-state index in [-0.39, 0.29) is 22.4 Å². The molecule has 7 nitrogen and oxygen atoms in total. The van der Waals surface area contributed by atoms with Gasteiger partial charge in [-0.2, -0.15) is 0 Å². The van der Waals surface area contributed by atoms with Crippen LogP contribution in [0.5, 0.6) is 0 Å². The predicted molar refractivity (Wildman–Crippen MR) is 88.1 cm³/mol. The Morgan fingerprint density at radius 2 is 1.96 bits per heavy atom. The highest BCUT2D eigenvalue weighted by Crippen LogP contribution is 2.23. The fraction of sp³-hybridized carbons (Fsp3) is 0. The van der Waals surface area contributed by atoms with E-state index in [1.54, 1.807) is 24.3 Å². The second-order valence-corrected chi connectivity index (χ2v) is 5.31. The molecule has 1 heterocycles. The molecule has 0 aliphatic carbocycles. The maximum atomic E-state index is 12.4. The maximum absolute atomic E-state index is 12.4. The van der Waals surface area contributed by atoms with Gasteiger partial charge in [0.15, 0.2) is 0 Å². The lowest BCUT2D eigenvalue weighted by atomic mass is 10.1. The second kappa shape index (κ2) is 6.13. The number of halogens is 1. The lowest BCUT2D eigenvalue weighted by molar-refractivity contribution is -0.384. The topological polar surface area (TPSA) is 109 Å². The van der Waals surface area contributed by atoms with E-state index in [0.717, 1.165) is 0 Å². The van der Waals surface area contributed by atoms with Gasteiger partial charge in [-0.05, 0) is 24.3 Å². The van der Waals surface area contributed by atoms with Crippen molar-refractivity contribution in [3.05, 3.63) is 74.8 Å². The molecule has 1 aromatic heterocycles. The number of nitro benzene ring substituents is 1. The second-order valence-electron chi connectivity index (χ2n) is 4.90. The lowest BCUT2D eigenvalue weighted by Crippen LogP contribution is -2.21. The van der Waals surface area contributed by atoms with Crippen molar-refractivity contribution >= 4 is 39.9 Å². The van der Waals surface area contributed by atoms with Crippen LogP contribution in [0.1, 0.15) is 10.4 Å². The van der Waals surface area contributed by atoms with Gasteiger partial charge in [-0.3, -0.25) is 20.3 Å². The number of fused-ring (bicyclic) bond motifs is 1. The van der Waals surface area contributed by atoms with Crippen LogP contribution >= 0.6 is 11.6 Å². The van der Waals surface area contributed by atoms with E-state index in [4.69, 9.17) is 21.4 Å². The Morgan fingerprint density at radius 3 is 2.67 bits per heavy atom. The van der Waals surface area contributed by atoms with E-state index in [1.165, 1.54) is 24.3 Å². The number of nitro groups is 1. The summed E-state index contributed by atoms with van der Waals surface area (Å²) in [4.78, 5) is 22.7. The van der Waals surface area contributed by atoms with Crippen LogP contribution in [0.3, 0.4) is 0 Å². The van der Waals surface area contributed by atoms with Crippen LogP contribution < -0.4 is 10.9 Å². The summed E-state index contributed by atoms with van der Waals surface area (Å²) in [7, 11) is 0. The molecular formula is C16H10ClN3O4. The van der Waals surface area contributed by atoms with E-state index >= 15 is 0 Å². The zero-order chi connectivity index (χ0) is 17.3. The number of carbonyl (C=O) groups excluding carboxylic acids is 1. The molecule has 0 aliphatic heterocycles. The van der Waals surface area contributed by atoms with Crippen molar-refractivity contribution < 1.29 is 14.1 Å². The zero-order valence-electron chi connectivity index (χ0n) is 12.1. The first-order valence-corrected chi connectivity index (χ1v) is 7.16.